The third-order valence-electron chi connectivity index (χ3n) is 8.43. The van der Waals surface area contributed by atoms with Gasteiger partial charge in [0.2, 0.25) is 0 Å². The van der Waals surface area contributed by atoms with Gasteiger partial charge in [0.25, 0.3) is 0 Å². The van der Waals surface area contributed by atoms with Crippen molar-refractivity contribution in [3.05, 3.63) is 158 Å². The Labute approximate surface area is 287 Å². The molecule has 2 aromatic heterocycles. The first-order valence-corrected chi connectivity index (χ1v) is 19.0. The molecule has 47 heavy (non-hydrogen) atoms. The van der Waals surface area contributed by atoms with Gasteiger partial charge in [0.15, 0.2) is 25.5 Å². The highest BCUT2D eigenvalue weighted by atomic mass is 32.2. The first kappa shape index (κ1) is 30.2. The van der Waals surface area contributed by atoms with Gasteiger partial charge in [-0.05, 0) is 99.6 Å². The third kappa shape index (κ3) is 5.49. The van der Waals surface area contributed by atoms with Gasteiger partial charge in [-0.1, -0.05) is 53.7 Å². The Balaban J connectivity index is 1.21. The van der Waals surface area contributed by atoms with Gasteiger partial charge in [-0.15, -0.1) is 22.7 Å². The van der Waals surface area contributed by atoms with Gasteiger partial charge in [0.05, 0.1) is 10.9 Å². The summed E-state index contributed by atoms with van der Waals surface area (Å²) in [6, 6.07) is 41.7. The van der Waals surface area contributed by atoms with E-state index in [-0.39, 0.29) is 10.9 Å². The SMILES string of the molecule is Cc1cc(C)c([S+](c2ccc(Sc3ccc4sc5ccccc5c(=O)c4c3)cc2)c2ccc3sc4ccccc4c(=O)c3c2)c(C)c1. The molecule has 1 atom stereocenters. The van der Waals surface area contributed by atoms with Gasteiger partial charge >= 0.3 is 0 Å². The summed E-state index contributed by atoms with van der Waals surface area (Å²) in [6.07, 6.45) is 0. The molecule has 0 fully saturated rings. The highest BCUT2D eigenvalue weighted by Gasteiger charge is 2.33. The zero-order valence-corrected chi connectivity index (χ0v) is 29.3. The molecule has 0 radical (unpaired) electrons. The van der Waals surface area contributed by atoms with Crippen LogP contribution in [0.25, 0.3) is 40.3 Å². The molecule has 6 heteroatoms. The zero-order chi connectivity index (χ0) is 32.2. The van der Waals surface area contributed by atoms with Crippen LogP contribution in [0.3, 0.4) is 0 Å². The molecule has 2 nitrogen and oxygen atoms in total. The predicted octanol–water partition coefficient (Wildman–Crippen LogP) is 11.3. The lowest BCUT2D eigenvalue weighted by Crippen LogP contribution is -2.10. The minimum absolute atomic E-state index is 0.0884. The van der Waals surface area contributed by atoms with Gasteiger partial charge in [-0.2, -0.15) is 0 Å². The quantitative estimate of drug-likeness (QED) is 0.134. The average molecular weight is 682 g/mol. The molecule has 0 aliphatic carbocycles. The van der Waals surface area contributed by atoms with E-state index in [0.717, 1.165) is 55.0 Å². The number of aryl methyl sites for hydroxylation is 3. The Kier molecular flexibility index (Phi) is 7.77. The number of rotatable bonds is 5. The summed E-state index contributed by atoms with van der Waals surface area (Å²) in [5.74, 6) is 0. The largest absolute Gasteiger partial charge is 0.289 e. The summed E-state index contributed by atoms with van der Waals surface area (Å²) in [5.41, 5.74) is 3.94. The summed E-state index contributed by atoms with van der Waals surface area (Å²) >= 11 is 5.00. The van der Waals surface area contributed by atoms with E-state index in [2.05, 4.69) is 87.5 Å². The van der Waals surface area contributed by atoms with Crippen molar-refractivity contribution >= 4 is 85.7 Å². The molecular weight excluding hydrogens is 653 g/mol. The molecular formula is C41H29O2S4+. The van der Waals surface area contributed by atoms with E-state index in [0.29, 0.717) is 0 Å². The zero-order valence-electron chi connectivity index (χ0n) is 26.0. The molecule has 1 unspecified atom stereocenters. The van der Waals surface area contributed by atoms with Crippen LogP contribution in [-0.2, 0) is 10.9 Å². The van der Waals surface area contributed by atoms with Crippen LogP contribution >= 0.6 is 34.4 Å². The van der Waals surface area contributed by atoms with Crippen LogP contribution in [0.5, 0.6) is 0 Å². The normalized spacial score (nSPS) is 12.3. The van der Waals surface area contributed by atoms with Crippen molar-refractivity contribution in [2.45, 2.75) is 45.2 Å². The second-order valence-electron chi connectivity index (χ2n) is 11.8. The van der Waals surface area contributed by atoms with E-state index in [9.17, 15) is 9.59 Å². The molecule has 0 saturated heterocycles. The molecule has 2 heterocycles. The molecule has 8 rings (SSSR count). The number of hydrogen-bond acceptors (Lipinski definition) is 5. The van der Waals surface area contributed by atoms with Crippen LogP contribution < -0.4 is 10.9 Å². The molecule has 0 spiro atoms. The number of benzene rings is 6. The number of fused-ring (bicyclic) bond motifs is 4. The predicted molar refractivity (Wildman–Crippen MR) is 205 cm³/mol. The molecule has 0 bridgehead atoms. The van der Waals surface area contributed by atoms with Crippen molar-refractivity contribution < 1.29 is 0 Å². The summed E-state index contributed by atoms with van der Waals surface area (Å²) in [4.78, 5) is 32.8. The topological polar surface area (TPSA) is 34.1 Å². The van der Waals surface area contributed by atoms with E-state index in [1.165, 1.54) is 26.5 Å². The van der Waals surface area contributed by atoms with Gasteiger partial charge in [-0.3, -0.25) is 9.59 Å². The lowest BCUT2D eigenvalue weighted by Gasteiger charge is -2.14. The van der Waals surface area contributed by atoms with Crippen LogP contribution in [0, 0.1) is 20.8 Å². The molecule has 0 amide bonds. The standard InChI is InChI=1S/C41H29O2S4/c1-24-20-25(2)41(26(3)21-24)47(30-17-19-38-34(23-30)40(43)32-9-5-7-11-36(32)46-38)29-15-12-27(13-16-29)44-28-14-18-37-33(22-28)39(42)31-8-4-6-10-35(31)45-37/h4-23H,1-3H3/q+1. The maximum absolute atomic E-state index is 13.7. The second kappa shape index (κ2) is 12.1. The Morgan fingerprint density at radius 1 is 0.489 bits per heavy atom. The molecule has 8 aromatic rings. The van der Waals surface area contributed by atoms with Crippen molar-refractivity contribution in [3.8, 4) is 0 Å². The summed E-state index contributed by atoms with van der Waals surface area (Å²) in [7, 11) is -0.417. The smallest absolute Gasteiger partial charge is 0.196 e. The Morgan fingerprint density at radius 3 is 1.60 bits per heavy atom. The van der Waals surface area contributed by atoms with Crippen molar-refractivity contribution in [3.63, 3.8) is 0 Å². The maximum atomic E-state index is 13.7. The van der Waals surface area contributed by atoms with Gasteiger partial charge in [0.1, 0.15) is 0 Å². The van der Waals surface area contributed by atoms with Crippen LogP contribution in [0.4, 0.5) is 0 Å². The van der Waals surface area contributed by atoms with Gasteiger partial charge < -0.3 is 0 Å². The lowest BCUT2D eigenvalue weighted by atomic mass is 10.1. The third-order valence-corrected chi connectivity index (χ3v) is 14.3. The monoisotopic (exact) mass is 681 g/mol. The summed E-state index contributed by atoms with van der Waals surface area (Å²) < 4.78 is 4.05. The van der Waals surface area contributed by atoms with Crippen molar-refractivity contribution in [1.29, 1.82) is 0 Å². The molecule has 228 valence electrons. The van der Waals surface area contributed by atoms with Gasteiger partial charge in [-0.25, -0.2) is 0 Å². The van der Waals surface area contributed by atoms with Crippen molar-refractivity contribution in [1.82, 2.24) is 0 Å². The van der Waals surface area contributed by atoms with E-state index in [1.54, 1.807) is 34.4 Å². The van der Waals surface area contributed by atoms with E-state index < -0.39 is 10.9 Å². The highest BCUT2D eigenvalue weighted by molar-refractivity contribution is 7.99. The molecule has 0 aliphatic heterocycles. The Hall–Kier alpha value is -4.20. The van der Waals surface area contributed by atoms with Crippen LogP contribution in [0.1, 0.15) is 16.7 Å². The minimum Gasteiger partial charge on any atom is -0.289 e. The fraction of sp³-hybridized carbons (Fsp3) is 0.0732. The summed E-state index contributed by atoms with van der Waals surface area (Å²) in [6.45, 7) is 6.54. The first-order chi connectivity index (χ1) is 22.8. The lowest BCUT2D eigenvalue weighted by molar-refractivity contribution is 1.16. The number of hydrogen-bond donors (Lipinski definition) is 0. The van der Waals surface area contributed by atoms with Crippen LogP contribution in [0.2, 0.25) is 0 Å². The van der Waals surface area contributed by atoms with Crippen LogP contribution in [0.15, 0.2) is 155 Å². The highest BCUT2D eigenvalue weighted by Crippen LogP contribution is 2.39. The maximum Gasteiger partial charge on any atom is 0.196 e. The van der Waals surface area contributed by atoms with Crippen LogP contribution in [-0.4, -0.2) is 0 Å². The Morgan fingerprint density at radius 2 is 0.979 bits per heavy atom. The second-order valence-corrected chi connectivity index (χ2v) is 17.1. The van der Waals surface area contributed by atoms with E-state index in [4.69, 9.17) is 0 Å². The van der Waals surface area contributed by atoms with Crippen molar-refractivity contribution in [2.24, 2.45) is 0 Å². The average Bonchev–Trinajstić information content (AvgIpc) is 3.07. The molecule has 0 aliphatic rings. The summed E-state index contributed by atoms with van der Waals surface area (Å²) in [5, 5.41) is 3.10. The Bertz CT molecular complexity index is 2610. The molecule has 0 N–H and O–H groups in total. The van der Waals surface area contributed by atoms with Crippen molar-refractivity contribution in [2.75, 3.05) is 0 Å². The fourth-order valence-electron chi connectivity index (χ4n) is 6.40. The van der Waals surface area contributed by atoms with E-state index >= 15 is 0 Å². The fourth-order valence-corrected chi connectivity index (χ4v) is 11.7. The molecule has 6 aromatic carbocycles. The minimum atomic E-state index is -0.417. The van der Waals surface area contributed by atoms with Gasteiger partial charge in [0, 0.05) is 67.3 Å². The molecule has 0 saturated carbocycles. The van der Waals surface area contributed by atoms with E-state index in [1.807, 2.05) is 54.6 Å². The first-order valence-electron chi connectivity index (χ1n) is 15.4.